The number of carbonyl (C=O) groups is 2. The zero-order valence-corrected chi connectivity index (χ0v) is 17.7. The van der Waals surface area contributed by atoms with Crippen LogP contribution in [0.4, 0.5) is 4.79 Å². The lowest BCUT2D eigenvalue weighted by molar-refractivity contribution is -0.283. The highest BCUT2D eigenvalue weighted by molar-refractivity contribution is 8.14. The first-order valence-electron chi connectivity index (χ1n) is 10.1. The summed E-state index contributed by atoms with van der Waals surface area (Å²) < 4.78 is 11.9. The van der Waals surface area contributed by atoms with E-state index < -0.39 is 17.9 Å². The van der Waals surface area contributed by atoms with Gasteiger partial charge in [-0.1, -0.05) is 36.4 Å². The largest absolute Gasteiger partial charge is 0.459 e. The van der Waals surface area contributed by atoms with Crippen LogP contribution >= 0.6 is 11.8 Å². The maximum atomic E-state index is 12.6. The van der Waals surface area contributed by atoms with E-state index in [4.69, 9.17) is 9.47 Å². The normalized spacial score (nSPS) is 38.0. The van der Waals surface area contributed by atoms with E-state index in [0.717, 1.165) is 43.0 Å². The molecule has 7 heteroatoms. The van der Waals surface area contributed by atoms with E-state index in [0.29, 0.717) is 23.7 Å². The van der Waals surface area contributed by atoms with Crippen LogP contribution in [0.15, 0.2) is 23.3 Å². The lowest BCUT2D eigenvalue weighted by Crippen LogP contribution is -2.58. The fourth-order valence-corrected chi connectivity index (χ4v) is 4.87. The van der Waals surface area contributed by atoms with E-state index in [1.807, 2.05) is 6.92 Å². The molecule has 1 amide bonds. The summed E-state index contributed by atoms with van der Waals surface area (Å²) in [5.74, 6) is -0.991. The number of esters is 1. The highest BCUT2D eigenvalue weighted by atomic mass is 32.2. The zero-order chi connectivity index (χ0) is 20.3. The van der Waals surface area contributed by atoms with Gasteiger partial charge in [-0.05, 0) is 45.4 Å². The fraction of sp³-hybridized carbons (Fsp3) is 0.714. The summed E-state index contributed by atoms with van der Waals surface area (Å²) in [6.07, 6.45) is 7.89. The number of thioether (sulfide) groups is 1. The Bertz CT molecular complexity index is 676. The maximum absolute atomic E-state index is 12.6. The average Bonchev–Trinajstić information content (AvgIpc) is 3.09. The van der Waals surface area contributed by atoms with Gasteiger partial charge in [-0.2, -0.15) is 0 Å². The highest BCUT2D eigenvalue weighted by Crippen LogP contribution is 2.37. The average molecular weight is 410 g/mol. The van der Waals surface area contributed by atoms with E-state index in [-0.39, 0.29) is 23.7 Å². The standard InChI is InChI=1S/C21H31NO5S/c1-13-6-4-5-7-14(2)15(3)19(23)26-17-10-16(9-8-13)27-21(25,11-17)18-12-28-20(24)22-18/h4,6,13,16-18,25H,5,7-12H2,1-3H3,(H,22,24)/t13-,16?,17-,18+,21-/m1/s1. The van der Waals surface area contributed by atoms with E-state index in [1.54, 1.807) is 6.92 Å². The lowest BCUT2D eigenvalue weighted by atomic mass is 9.90. The molecule has 2 saturated heterocycles. The Hall–Kier alpha value is -1.31. The Morgan fingerprint density at radius 3 is 2.75 bits per heavy atom. The molecule has 156 valence electrons. The molecule has 0 saturated carbocycles. The van der Waals surface area contributed by atoms with E-state index in [9.17, 15) is 14.7 Å². The summed E-state index contributed by atoms with van der Waals surface area (Å²) >= 11 is 1.14. The Morgan fingerprint density at radius 1 is 1.25 bits per heavy atom. The molecule has 0 aromatic heterocycles. The second-order valence-corrected chi connectivity index (χ2v) is 9.27. The van der Waals surface area contributed by atoms with Crippen LogP contribution in [0, 0.1) is 5.92 Å². The molecule has 0 radical (unpaired) electrons. The third-order valence-electron chi connectivity index (χ3n) is 5.95. The predicted octanol–water partition coefficient (Wildman–Crippen LogP) is 3.69. The van der Waals surface area contributed by atoms with Gasteiger partial charge in [-0.15, -0.1) is 0 Å². The van der Waals surface area contributed by atoms with Crippen molar-refractivity contribution in [1.29, 1.82) is 0 Å². The maximum Gasteiger partial charge on any atom is 0.333 e. The number of aliphatic hydroxyl groups is 1. The summed E-state index contributed by atoms with van der Waals surface area (Å²) in [5, 5.41) is 13.8. The smallest absolute Gasteiger partial charge is 0.333 e. The summed E-state index contributed by atoms with van der Waals surface area (Å²) in [4.78, 5) is 24.3. The first kappa shape index (κ1) is 21.4. The van der Waals surface area contributed by atoms with Gasteiger partial charge < -0.3 is 19.9 Å². The molecule has 3 aliphatic heterocycles. The molecular weight excluding hydrogens is 378 g/mol. The number of ether oxygens (including phenoxy) is 2. The van der Waals surface area contributed by atoms with Gasteiger partial charge in [0.15, 0.2) is 5.79 Å². The number of hydrogen-bond donors (Lipinski definition) is 2. The van der Waals surface area contributed by atoms with Gasteiger partial charge in [-0.25, -0.2) is 4.79 Å². The number of nitrogens with one attached hydrogen (secondary N) is 1. The summed E-state index contributed by atoms with van der Waals surface area (Å²) in [5.41, 5.74) is 1.66. The molecule has 3 rings (SSSR count). The number of carbonyl (C=O) groups excluding carboxylic acids is 2. The molecule has 3 aliphatic rings. The molecule has 5 atom stereocenters. The summed E-state index contributed by atoms with van der Waals surface area (Å²) in [7, 11) is 0. The number of fused-ring (bicyclic) bond motifs is 2. The molecule has 6 nitrogen and oxygen atoms in total. The molecule has 2 N–H and O–H groups in total. The van der Waals surface area contributed by atoms with Crippen LogP contribution in [0.25, 0.3) is 0 Å². The van der Waals surface area contributed by atoms with Gasteiger partial charge in [-0.3, -0.25) is 4.79 Å². The van der Waals surface area contributed by atoms with Crippen molar-refractivity contribution < 1.29 is 24.2 Å². The van der Waals surface area contributed by atoms with Crippen molar-refractivity contribution in [3.8, 4) is 0 Å². The highest BCUT2D eigenvalue weighted by Gasteiger charge is 2.49. The number of allylic oxidation sites excluding steroid dienone is 3. The minimum absolute atomic E-state index is 0.159. The van der Waals surface area contributed by atoms with Crippen LogP contribution in [0.1, 0.15) is 59.3 Å². The van der Waals surface area contributed by atoms with Gasteiger partial charge in [0.05, 0.1) is 12.1 Å². The minimum Gasteiger partial charge on any atom is -0.459 e. The Balaban J connectivity index is 1.82. The van der Waals surface area contributed by atoms with Gasteiger partial charge >= 0.3 is 5.97 Å². The van der Waals surface area contributed by atoms with Crippen molar-refractivity contribution in [3.05, 3.63) is 23.3 Å². The quantitative estimate of drug-likeness (QED) is 0.507. The van der Waals surface area contributed by atoms with Crippen molar-refractivity contribution in [2.45, 2.75) is 83.3 Å². The number of rotatable bonds is 1. The van der Waals surface area contributed by atoms with E-state index >= 15 is 0 Å². The van der Waals surface area contributed by atoms with E-state index in [1.165, 1.54) is 0 Å². The first-order chi connectivity index (χ1) is 13.3. The van der Waals surface area contributed by atoms with Crippen molar-refractivity contribution in [2.75, 3.05) is 5.75 Å². The number of amides is 1. The molecule has 0 spiro atoms. The molecule has 0 aromatic rings. The van der Waals surface area contributed by atoms with E-state index in [2.05, 4.69) is 24.4 Å². The fourth-order valence-electron chi connectivity index (χ4n) is 3.98. The molecular formula is C21H31NO5S. The van der Waals surface area contributed by atoms with Gasteiger partial charge in [0.25, 0.3) is 5.24 Å². The van der Waals surface area contributed by atoms with Crippen molar-refractivity contribution in [1.82, 2.24) is 5.32 Å². The topological polar surface area (TPSA) is 84.9 Å². The second-order valence-electron chi connectivity index (χ2n) is 8.27. The van der Waals surface area contributed by atoms with Crippen molar-refractivity contribution >= 4 is 23.0 Å². The third-order valence-corrected chi connectivity index (χ3v) is 6.83. The van der Waals surface area contributed by atoms with Crippen LogP contribution in [-0.2, 0) is 14.3 Å². The molecule has 2 fully saturated rings. The Kier molecular flexibility index (Phi) is 6.89. The molecule has 28 heavy (non-hydrogen) atoms. The molecule has 3 heterocycles. The molecule has 2 bridgehead atoms. The summed E-state index contributed by atoms with van der Waals surface area (Å²) in [6, 6.07) is -0.497. The zero-order valence-electron chi connectivity index (χ0n) is 16.9. The first-order valence-corrected chi connectivity index (χ1v) is 11.1. The van der Waals surface area contributed by atoms with Crippen LogP contribution in [0.5, 0.6) is 0 Å². The molecule has 1 unspecified atom stereocenters. The van der Waals surface area contributed by atoms with Crippen molar-refractivity contribution in [3.63, 3.8) is 0 Å². The minimum atomic E-state index is -1.52. The van der Waals surface area contributed by atoms with Gasteiger partial charge in [0.1, 0.15) is 6.10 Å². The second kappa shape index (κ2) is 9.01. The van der Waals surface area contributed by atoms with Crippen molar-refractivity contribution in [2.24, 2.45) is 5.92 Å². The SMILES string of the molecule is CC1=C(C)C(=O)O[C@@H]2CC(CC[C@H](C)C=CCC1)O[C@@](O)([C@@H]1CSC(=O)N1)C2. The van der Waals surface area contributed by atoms with Crippen LogP contribution in [-0.4, -0.2) is 46.1 Å². The van der Waals surface area contributed by atoms with Crippen LogP contribution < -0.4 is 5.32 Å². The van der Waals surface area contributed by atoms with Gasteiger partial charge in [0, 0.05) is 24.2 Å². The Morgan fingerprint density at radius 2 is 2.04 bits per heavy atom. The lowest BCUT2D eigenvalue weighted by Gasteiger charge is -2.43. The third kappa shape index (κ3) is 5.19. The van der Waals surface area contributed by atoms with Crippen LogP contribution in [0.3, 0.4) is 0 Å². The Labute approximate surface area is 171 Å². The van der Waals surface area contributed by atoms with Crippen LogP contribution in [0.2, 0.25) is 0 Å². The van der Waals surface area contributed by atoms with Gasteiger partial charge in [0.2, 0.25) is 0 Å². The molecule has 0 aromatic carbocycles. The predicted molar refractivity (Wildman–Crippen MR) is 109 cm³/mol. The summed E-state index contributed by atoms with van der Waals surface area (Å²) in [6.45, 7) is 5.94. The monoisotopic (exact) mass is 409 g/mol. The number of hydrogen-bond acceptors (Lipinski definition) is 6. The molecule has 0 aliphatic carbocycles.